The lowest BCUT2D eigenvalue weighted by molar-refractivity contribution is 0.409. The molecule has 0 bridgehead atoms. The third kappa shape index (κ3) is 4.98. The van der Waals surface area contributed by atoms with E-state index in [9.17, 15) is 0 Å². The topological polar surface area (TPSA) is 62.5 Å². The third-order valence-electron chi connectivity index (χ3n) is 10.1. The summed E-state index contributed by atoms with van der Waals surface area (Å²) in [6.45, 7) is 0. The van der Waals surface area contributed by atoms with E-state index in [4.69, 9.17) is 9.41 Å². The Labute approximate surface area is 294 Å². The van der Waals surface area contributed by atoms with Crippen LogP contribution in [0.3, 0.4) is 0 Å². The van der Waals surface area contributed by atoms with Crippen LogP contribution in [0.4, 0.5) is 0 Å². The average Bonchev–Trinajstić information content (AvgIpc) is 3.60. The van der Waals surface area contributed by atoms with Crippen LogP contribution in [0.5, 0.6) is 0 Å². The lowest BCUT2D eigenvalue weighted by Crippen LogP contribution is -2.45. The zero-order chi connectivity index (χ0) is 33.7. The van der Waals surface area contributed by atoms with E-state index >= 15 is 0 Å². The van der Waals surface area contributed by atoms with E-state index in [0.717, 1.165) is 61.0 Å². The van der Waals surface area contributed by atoms with E-state index in [0.29, 0.717) is 0 Å². The zero-order valence-corrected chi connectivity index (χ0v) is 27.6. The summed E-state index contributed by atoms with van der Waals surface area (Å²) < 4.78 is 6.21. The van der Waals surface area contributed by atoms with Crippen LogP contribution in [0.25, 0.3) is 65.7 Å². The normalized spacial score (nSPS) is 16.0. The van der Waals surface area contributed by atoms with Gasteiger partial charge in [0.25, 0.3) is 0 Å². The van der Waals surface area contributed by atoms with Crippen molar-refractivity contribution in [2.24, 2.45) is 4.99 Å². The van der Waals surface area contributed by atoms with Crippen LogP contribution >= 0.6 is 0 Å². The van der Waals surface area contributed by atoms with Crippen LogP contribution in [-0.4, -0.2) is 10.8 Å². The molecule has 2 N–H and O–H groups in total. The van der Waals surface area contributed by atoms with Gasteiger partial charge in [0.05, 0.1) is 6.20 Å². The van der Waals surface area contributed by atoms with Gasteiger partial charge >= 0.3 is 0 Å². The summed E-state index contributed by atoms with van der Waals surface area (Å²) >= 11 is 0. The van der Waals surface area contributed by atoms with Crippen molar-refractivity contribution in [2.45, 2.75) is 12.3 Å². The highest BCUT2D eigenvalue weighted by Gasteiger charge is 2.26. The van der Waals surface area contributed by atoms with Crippen molar-refractivity contribution in [1.29, 1.82) is 0 Å². The molecule has 2 unspecified atom stereocenters. The number of hydrogen-bond acceptors (Lipinski definition) is 5. The molecule has 5 heteroatoms. The second-order valence-corrected chi connectivity index (χ2v) is 13.0. The van der Waals surface area contributed by atoms with E-state index in [2.05, 4.69) is 155 Å². The summed E-state index contributed by atoms with van der Waals surface area (Å²) in [5.74, 6) is 0.868. The summed E-state index contributed by atoms with van der Waals surface area (Å²) in [5, 5.41) is 14.3. The van der Waals surface area contributed by atoms with Crippen molar-refractivity contribution in [3.63, 3.8) is 0 Å². The maximum Gasteiger partial charge on any atom is 0.154 e. The predicted molar refractivity (Wildman–Crippen MR) is 209 cm³/mol. The second kappa shape index (κ2) is 12.1. The molecule has 51 heavy (non-hydrogen) atoms. The fourth-order valence-corrected chi connectivity index (χ4v) is 7.71. The lowest BCUT2D eigenvalue weighted by atomic mass is 9.88. The Morgan fingerprint density at radius 1 is 0.431 bits per heavy atom. The first-order valence-corrected chi connectivity index (χ1v) is 17.3. The molecule has 2 aromatic heterocycles. The van der Waals surface area contributed by atoms with Crippen molar-refractivity contribution in [3.05, 3.63) is 187 Å². The fraction of sp³-hybridized carbons (Fsp3) is 0.0435. The van der Waals surface area contributed by atoms with Crippen molar-refractivity contribution in [3.8, 4) is 22.3 Å². The quantitative estimate of drug-likeness (QED) is 0.194. The molecular formula is C46H32N4O. The highest BCUT2D eigenvalue weighted by atomic mass is 16.3. The molecule has 0 radical (unpaired) electrons. The summed E-state index contributed by atoms with van der Waals surface area (Å²) in [7, 11) is 0. The molecule has 0 fully saturated rings. The molecule has 0 amide bonds. The minimum Gasteiger partial charge on any atom is -0.454 e. The summed E-state index contributed by atoms with van der Waals surface area (Å²) in [6.07, 6.45) is 3.47. The molecule has 2 atom stereocenters. The van der Waals surface area contributed by atoms with Gasteiger partial charge in [0.15, 0.2) is 5.58 Å². The third-order valence-corrected chi connectivity index (χ3v) is 10.1. The zero-order valence-electron chi connectivity index (χ0n) is 27.6. The molecule has 0 saturated carbocycles. The number of fused-ring (bicyclic) bond motifs is 5. The van der Waals surface area contributed by atoms with Crippen LogP contribution in [0.15, 0.2) is 180 Å². The molecule has 3 heterocycles. The number of amidine groups is 1. The van der Waals surface area contributed by atoms with Crippen molar-refractivity contribution in [1.82, 2.24) is 15.6 Å². The Morgan fingerprint density at radius 2 is 0.941 bits per heavy atom. The van der Waals surface area contributed by atoms with Gasteiger partial charge in [0.1, 0.15) is 23.8 Å². The number of para-hydroxylation sites is 1. The van der Waals surface area contributed by atoms with Crippen LogP contribution in [0, 0.1) is 0 Å². The van der Waals surface area contributed by atoms with Crippen molar-refractivity contribution < 1.29 is 4.42 Å². The smallest absolute Gasteiger partial charge is 0.154 e. The number of furan rings is 1. The van der Waals surface area contributed by atoms with E-state index in [1.165, 1.54) is 27.3 Å². The first kappa shape index (κ1) is 29.4. The Balaban J connectivity index is 1.13. The molecule has 242 valence electrons. The van der Waals surface area contributed by atoms with Crippen molar-refractivity contribution in [2.75, 3.05) is 0 Å². The Hall–Kier alpha value is -6.56. The summed E-state index contributed by atoms with van der Waals surface area (Å²) in [5.41, 5.74) is 9.57. The highest BCUT2D eigenvalue weighted by molar-refractivity contribution is 6.18. The first-order chi connectivity index (χ1) is 25.3. The molecule has 0 aliphatic carbocycles. The number of rotatable bonds is 5. The van der Waals surface area contributed by atoms with Gasteiger partial charge in [0.2, 0.25) is 0 Å². The average molecular weight is 657 g/mol. The molecule has 5 nitrogen and oxygen atoms in total. The maximum absolute atomic E-state index is 6.21. The Bertz CT molecular complexity index is 2770. The van der Waals surface area contributed by atoms with E-state index in [1.54, 1.807) is 0 Å². The molecular weight excluding hydrogens is 625 g/mol. The molecule has 10 rings (SSSR count). The Kier molecular flexibility index (Phi) is 6.96. The van der Waals surface area contributed by atoms with Gasteiger partial charge in [-0.05, 0) is 55.4 Å². The number of aliphatic imine (C=N–C) groups is 1. The number of pyridine rings is 1. The lowest BCUT2D eigenvalue weighted by Gasteiger charge is -2.32. The van der Waals surface area contributed by atoms with Gasteiger partial charge in [-0.1, -0.05) is 152 Å². The van der Waals surface area contributed by atoms with E-state index in [-0.39, 0.29) is 12.3 Å². The van der Waals surface area contributed by atoms with Crippen LogP contribution in [0.2, 0.25) is 0 Å². The molecule has 0 saturated heterocycles. The highest BCUT2D eigenvalue weighted by Crippen LogP contribution is 2.42. The van der Waals surface area contributed by atoms with Gasteiger partial charge < -0.3 is 9.73 Å². The minimum absolute atomic E-state index is 0.106. The van der Waals surface area contributed by atoms with Crippen molar-refractivity contribution >= 4 is 49.3 Å². The summed E-state index contributed by atoms with van der Waals surface area (Å²) in [4.78, 5) is 9.87. The number of hydrogen-bond donors (Lipinski definition) is 2. The summed E-state index contributed by atoms with van der Waals surface area (Å²) in [6, 6.07) is 55.5. The minimum atomic E-state index is -0.200. The standard InChI is InChI=1S/C46H32N4O/c1-3-13-29(14-4-1)44-48-45(30-15-5-2-6-16-30)50-46(49-44)38-26-25-36(33-19-9-10-20-34(33)38)35-23-24-37(32-18-8-7-17-31(32)35)40-27-47-28-42-43(40)39-21-11-12-22-41(39)51-42/h1-28,44-45,48H,(H,49,50). The number of aromatic nitrogens is 1. The number of nitrogens with zero attached hydrogens (tertiary/aromatic N) is 2. The predicted octanol–water partition coefficient (Wildman–Crippen LogP) is 11.0. The number of nitrogens with one attached hydrogen (secondary N) is 2. The molecule has 1 aliphatic heterocycles. The second-order valence-electron chi connectivity index (χ2n) is 13.0. The maximum atomic E-state index is 6.21. The molecule has 9 aromatic rings. The van der Waals surface area contributed by atoms with E-state index in [1.807, 2.05) is 30.6 Å². The van der Waals surface area contributed by atoms with Gasteiger partial charge in [-0.25, -0.2) is 4.99 Å². The van der Waals surface area contributed by atoms with Gasteiger partial charge in [-0.15, -0.1) is 0 Å². The number of benzene rings is 7. The van der Waals surface area contributed by atoms with Crippen LogP contribution in [0.1, 0.15) is 29.0 Å². The first-order valence-electron chi connectivity index (χ1n) is 17.3. The van der Waals surface area contributed by atoms with Gasteiger partial charge in [-0.3, -0.25) is 10.3 Å². The fourth-order valence-electron chi connectivity index (χ4n) is 7.71. The SMILES string of the molecule is c1ccc(C2N=C(c3ccc(-c4ccc(-c5cncc6oc7ccccc7c56)c5ccccc45)c4ccccc34)NC(c3ccccc3)N2)cc1. The monoisotopic (exact) mass is 656 g/mol. The van der Waals surface area contributed by atoms with Gasteiger partial charge in [0, 0.05) is 28.1 Å². The van der Waals surface area contributed by atoms with Crippen LogP contribution < -0.4 is 10.6 Å². The molecule has 0 spiro atoms. The largest absolute Gasteiger partial charge is 0.454 e. The van der Waals surface area contributed by atoms with Gasteiger partial charge in [-0.2, -0.15) is 0 Å². The molecule has 7 aromatic carbocycles. The van der Waals surface area contributed by atoms with E-state index < -0.39 is 0 Å². The van der Waals surface area contributed by atoms with Crippen LogP contribution in [-0.2, 0) is 0 Å². The Morgan fingerprint density at radius 3 is 1.59 bits per heavy atom. The molecule has 1 aliphatic rings.